The third-order valence-electron chi connectivity index (χ3n) is 8.94. The number of ether oxygens (including phenoxy) is 1. The van der Waals surface area contributed by atoms with Gasteiger partial charge in [0.1, 0.15) is 17.0 Å². The highest BCUT2D eigenvalue weighted by atomic mass is 16.5. The Kier molecular flexibility index (Phi) is 6.30. The number of nitrogens with zero attached hydrogens (tertiary/aromatic N) is 3. The van der Waals surface area contributed by atoms with E-state index < -0.39 is 11.6 Å². The van der Waals surface area contributed by atoms with Gasteiger partial charge in [0.15, 0.2) is 5.78 Å². The summed E-state index contributed by atoms with van der Waals surface area (Å²) in [6.45, 7) is 3.08. The Morgan fingerprint density at radius 3 is 2.60 bits per heavy atom. The number of carboxylic acid groups (broad SMARTS) is 1. The molecule has 1 spiro atoms. The predicted octanol–water partition coefficient (Wildman–Crippen LogP) is 6.08. The Balaban J connectivity index is 1.10. The number of piperidine rings is 1. The predicted molar refractivity (Wildman–Crippen MR) is 157 cm³/mol. The van der Waals surface area contributed by atoms with E-state index in [0.717, 1.165) is 22.9 Å². The third kappa shape index (κ3) is 4.61. The summed E-state index contributed by atoms with van der Waals surface area (Å²) in [7, 11) is 0. The van der Waals surface area contributed by atoms with Gasteiger partial charge in [0.05, 0.1) is 23.1 Å². The number of carbonyl (C=O) groups is 3. The van der Waals surface area contributed by atoms with Crippen LogP contribution in [-0.2, 0) is 6.42 Å². The van der Waals surface area contributed by atoms with Crippen molar-refractivity contribution >= 4 is 28.6 Å². The molecule has 0 unspecified atom stereocenters. The van der Waals surface area contributed by atoms with Crippen molar-refractivity contribution in [2.75, 3.05) is 13.1 Å². The molecule has 2 aromatic heterocycles. The number of fused-ring (bicyclic) bond motifs is 2. The van der Waals surface area contributed by atoms with Crippen molar-refractivity contribution in [2.45, 2.75) is 57.0 Å². The van der Waals surface area contributed by atoms with E-state index in [1.54, 1.807) is 24.4 Å². The van der Waals surface area contributed by atoms with Crippen molar-refractivity contribution in [3.05, 3.63) is 88.9 Å². The molecular weight excluding hydrogens is 530 g/mol. The molecule has 3 aliphatic rings. The first-order valence-corrected chi connectivity index (χ1v) is 14.6. The van der Waals surface area contributed by atoms with E-state index >= 15 is 0 Å². The number of ketones is 1. The van der Waals surface area contributed by atoms with Gasteiger partial charge in [-0.25, -0.2) is 9.78 Å². The fourth-order valence-electron chi connectivity index (χ4n) is 6.41. The molecule has 0 bridgehead atoms. The number of aromatic nitrogens is 2. The van der Waals surface area contributed by atoms with Crippen LogP contribution in [0.5, 0.6) is 5.75 Å². The molecule has 0 atom stereocenters. The molecule has 1 saturated heterocycles. The van der Waals surface area contributed by atoms with E-state index in [0.29, 0.717) is 60.0 Å². The number of hydrogen-bond acceptors (Lipinski definition) is 6. The molecule has 8 nitrogen and oxygen atoms in total. The lowest BCUT2D eigenvalue weighted by atomic mass is 9.82. The second-order valence-corrected chi connectivity index (χ2v) is 11.7. The summed E-state index contributed by atoms with van der Waals surface area (Å²) >= 11 is 0. The Hall–Kier alpha value is -4.59. The number of aryl methyl sites for hydroxylation is 1. The fraction of sp³-hybridized carbons (Fsp3) is 0.324. The van der Waals surface area contributed by atoms with Crippen LogP contribution in [0.3, 0.4) is 0 Å². The molecular formula is C34H31N3O5. The van der Waals surface area contributed by atoms with Gasteiger partial charge in [-0.05, 0) is 66.1 Å². The number of carboxylic acids is 1. The molecule has 1 N–H and O–H groups in total. The van der Waals surface area contributed by atoms with Gasteiger partial charge in [-0.2, -0.15) is 0 Å². The van der Waals surface area contributed by atoms with Crippen molar-refractivity contribution in [3.8, 4) is 16.9 Å². The van der Waals surface area contributed by atoms with Gasteiger partial charge >= 0.3 is 5.97 Å². The molecule has 2 aliphatic heterocycles. The van der Waals surface area contributed by atoms with E-state index in [1.807, 2.05) is 17.0 Å². The Morgan fingerprint density at radius 1 is 1.05 bits per heavy atom. The van der Waals surface area contributed by atoms with Crippen LogP contribution in [0.15, 0.2) is 60.9 Å². The zero-order valence-electron chi connectivity index (χ0n) is 23.4. The molecule has 8 heteroatoms. The Bertz CT molecular complexity index is 1770. The average Bonchev–Trinajstić information content (AvgIpc) is 3.86. The van der Waals surface area contributed by atoms with Gasteiger partial charge in [-0.3, -0.25) is 14.6 Å². The van der Waals surface area contributed by atoms with Crippen LogP contribution in [0.2, 0.25) is 0 Å². The van der Waals surface area contributed by atoms with Crippen molar-refractivity contribution in [3.63, 3.8) is 0 Å². The molecule has 1 saturated carbocycles. The third-order valence-corrected chi connectivity index (χ3v) is 8.94. The topological polar surface area (TPSA) is 110 Å². The summed E-state index contributed by atoms with van der Waals surface area (Å²) in [6.07, 6.45) is 7.39. The van der Waals surface area contributed by atoms with Crippen molar-refractivity contribution in [1.29, 1.82) is 0 Å². The molecule has 2 aromatic carbocycles. The van der Waals surface area contributed by atoms with E-state index in [1.165, 1.54) is 24.6 Å². The summed E-state index contributed by atoms with van der Waals surface area (Å²) in [5, 5.41) is 10.4. The Labute approximate surface area is 243 Å². The number of aromatic carboxylic acids is 1. The van der Waals surface area contributed by atoms with E-state index in [4.69, 9.17) is 9.72 Å². The van der Waals surface area contributed by atoms with Gasteiger partial charge in [0.2, 0.25) is 0 Å². The Morgan fingerprint density at radius 2 is 1.86 bits per heavy atom. The van der Waals surface area contributed by atoms with E-state index in [9.17, 15) is 19.5 Å². The summed E-state index contributed by atoms with van der Waals surface area (Å²) < 4.78 is 6.48. The van der Waals surface area contributed by atoms with Crippen LogP contribution in [0.1, 0.15) is 87.3 Å². The highest BCUT2D eigenvalue weighted by Crippen LogP contribution is 2.44. The number of amides is 1. The number of Topliss-reactive ketones (excluding diaryl/α,β-unsaturated/α-hetero) is 1. The standard InChI is InChI=1S/C34H31N3O5/c1-2-20-16-28(36-31-25(20)4-3-5-26(31)21-6-7-21)32(39)37-12-10-34(11-13-37)17-29(38)27-15-22(8-9-30(27)42-34)23-14-24(33(40)41)19-35-18-23/h3-5,8-9,14-16,18-19,21H,2,6-7,10-13,17H2,1H3,(H,40,41). The number of likely N-dealkylation sites (tertiary alicyclic amines) is 1. The molecule has 1 aliphatic carbocycles. The number of carbonyl (C=O) groups excluding carboxylic acids is 2. The maximum absolute atomic E-state index is 13.7. The maximum atomic E-state index is 13.7. The van der Waals surface area contributed by atoms with Gasteiger partial charge < -0.3 is 14.7 Å². The molecule has 1 amide bonds. The highest BCUT2D eigenvalue weighted by molar-refractivity contribution is 6.02. The minimum Gasteiger partial charge on any atom is -0.486 e. The minimum atomic E-state index is -1.06. The normalized spacial score (nSPS) is 17.6. The smallest absolute Gasteiger partial charge is 0.337 e. The second kappa shape index (κ2) is 10.0. The summed E-state index contributed by atoms with van der Waals surface area (Å²) in [6, 6.07) is 15.2. The van der Waals surface area contributed by atoms with Crippen molar-refractivity contribution in [2.24, 2.45) is 0 Å². The second-order valence-electron chi connectivity index (χ2n) is 11.7. The SMILES string of the molecule is CCc1cc(C(=O)N2CCC3(CC2)CC(=O)c2cc(-c4cncc(C(=O)O)c4)ccc2O3)nc2c(C3CC3)cccc12. The van der Waals surface area contributed by atoms with Crippen LogP contribution >= 0.6 is 0 Å². The first-order valence-electron chi connectivity index (χ1n) is 14.6. The van der Waals surface area contributed by atoms with Crippen LogP contribution in [0.4, 0.5) is 0 Å². The molecule has 42 heavy (non-hydrogen) atoms. The first kappa shape index (κ1) is 26.3. The van der Waals surface area contributed by atoms with E-state index in [2.05, 4.69) is 30.1 Å². The van der Waals surface area contributed by atoms with Crippen LogP contribution in [0, 0.1) is 0 Å². The van der Waals surface area contributed by atoms with Gasteiger partial charge in [-0.1, -0.05) is 31.2 Å². The highest BCUT2D eigenvalue weighted by Gasteiger charge is 2.44. The zero-order valence-corrected chi connectivity index (χ0v) is 23.4. The number of rotatable bonds is 5. The minimum absolute atomic E-state index is 0.0170. The fourth-order valence-corrected chi connectivity index (χ4v) is 6.41. The van der Waals surface area contributed by atoms with Gasteiger partial charge in [0, 0.05) is 49.3 Å². The van der Waals surface area contributed by atoms with Crippen molar-refractivity contribution < 1.29 is 24.2 Å². The average molecular weight is 562 g/mol. The molecule has 2 fully saturated rings. The molecule has 7 rings (SSSR count). The number of hydrogen-bond donors (Lipinski definition) is 1. The molecule has 4 aromatic rings. The van der Waals surface area contributed by atoms with E-state index in [-0.39, 0.29) is 23.7 Å². The van der Waals surface area contributed by atoms with Gasteiger partial charge in [0.25, 0.3) is 5.91 Å². The summed E-state index contributed by atoms with van der Waals surface area (Å²) in [4.78, 5) is 49.2. The molecule has 4 heterocycles. The first-order chi connectivity index (χ1) is 20.3. The van der Waals surface area contributed by atoms with Crippen LogP contribution in [-0.4, -0.2) is 56.3 Å². The van der Waals surface area contributed by atoms with Crippen LogP contribution < -0.4 is 4.74 Å². The van der Waals surface area contributed by atoms with Crippen LogP contribution in [0.25, 0.3) is 22.0 Å². The van der Waals surface area contributed by atoms with Crippen molar-refractivity contribution in [1.82, 2.24) is 14.9 Å². The zero-order chi connectivity index (χ0) is 29.0. The lowest BCUT2D eigenvalue weighted by Gasteiger charge is -2.44. The molecule has 212 valence electrons. The quantitative estimate of drug-likeness (QED) is 0.315. The largest absolute Gasteiger partial charge is 0.486 e. The summed E-state index contributed by atoms with van der Waals surface area (Å²) in [5.74, 6) is -0.0853. The number of para-hydroxylation sites is 1. The number of benzene rings is 2. The maximum Gasteiger partial charge on any atom is 0.337 e. The molecule has 0 radical (unpaired) electrons. The number of pyridine rings is 2. The monoisotopic (exact) mass is 561 g/mol. The lowest BCUT2D eigenvalue weighted by Crippen LogP contribution is -2.52. The van der Waals surface area contributed by atoms with Gasteiger partial charge in [-0.15, -0.1) is 0 Å². The lowest BCUT2D eigenvalue weighted by molar-refractivity contribution is -0.00584. The summed E-state index contributed by atoms with van der Waals surface area (Å²) in [5.41, 5.74) is 5.07.